The van der Waals surface area contributed by atoms with Crippen LogP contribution in [0.2, 0.25) is 0 Å². The molecule has 0 atom stereocenters. The molecule has 1 heterocycles. The second kappa shape index (κ2) is 9.49. The number of rotatable bonds is 6. The van der Waals surface area contributed by atoms with Gasteiger partial charge in [0.05, 0.1) is 17.1 Å². The molecular formula is C26H24BrN3O2. The highest BCUT2D eigenvalue weighted by Crippen LogP contribution is 2.20. The molecule has 0 radical (unpaired) electrons. The van der Waals surface area contributed by atoms with Gasteiger partial charge in [0.1, 0.15) is 18.2 Å². The fourth-order valence-electron chi connectivity index (χ4n) is 3.34. The second-order valence-corrected chi connectivity index (χ2v) is 8.88. The number of hydrogen-bond acceptors (Lipinski definition) is 4. The molecule has 4 aromatic rings. The maximum Gasteiger partial charge on any atom is 0.282 e. The highest BCUT2D eigenvalue weighted by molar-refractivity contribution is 9.10. The summed E-state index contributed by atoms with van der Waals surface area (Å²) in [5, 5.41) is 5.04. The van der Waals surface area contributed by atoms with Crippen molar-refractivity contribution >= 4 is 33.0 Å². The number of halogens is 1. The number of hydrogen-bond donors (Lipinski definition) is 0. The number of fused-ring (bicyclic) bond motifs is 1. The summed E-state index contributed by atoms with van der Waals surface area (Å²) in [5.74, 6) is 1.34. The number of ether oxygens (including phenoxy) is 1. The summed E-state index contributed by atoms with van der Waals surface area (Å²) in [6.07, 6.45) is 1.66. The first-order valence-electron chi connectivity index (χ1n) is 10.5. The van der Waals surface area contributed by atoms with E-state index in [2.05, 4.69) is 52.2 Å². The Bertz CT molecular complexity index is 1340. The summed E-state index contributed by atoms with van der Waals surface area (Å²) in [7, 11) is 0. The van der Waals surface area contributed by atoms with E-state index in [1.54, 1.807) is 12.3 Å². The molecule has 0 saturated heterocycles. The lowest BCUT2D eigenvalue weighted by molar-refractivity contribution is 0.306. The van der Waals surface area contributed by atoms with E-state index in [0.717, 1.165) is 15.6 Å². The first-order chi connectivity index (χ1) is 15.4. The molecule has 6 heteroatoms. The van der Waals surface area contributed by atoms with Crippen LogP contribution in [0.1, 0.15) is 42.3 Å². The SMILES string of the molecule is Cc1ccc(COc2ccccc2C=Nn2c(C(C)C)nc3ccc(Br)cc3c2=O)cc1. The van der Waals surface area contributed by atoms with Crippen molar-refractivity contribution in [2.24, 2.45) is 5.10 Å². The van der Waals surface area contributed by atoms with Gasteiger partial charge in [-0.05, 0) is 42.8 Å². The Labute approximate surface area is 195 Å². The van der Waals surface area contributed by atoms with Crippen molar-refractivity contribution in [3.05, 3.63) is 104 Å². The average molecular weight is 490 g/mol. The van der Waals surface area contributed by atoms with Crippen molar-refractivity contribution in [3.63, 3.8) is 0 Å². The van der Waals surface area contributed by atoms with Gasteiger partial charge in [0.15, 0.2) is 0 Å². The molecule has 5 nitrogen and oxygen atoms in total. The molecule has 0 unspecified atom stereocenters. The third-order valence-corrected chi connectivity index (χ3v) is 5.59. The van der Waals surface area contributed by atoms with Gasteiger partial charge in [-0.2, -0.15) is 9.78 Å². The predicted molar refractivity (Wildman–Crippen MR) is 133 cm³/mol. The first kappa shape index (κ1) is 22.0. The van der Waals surface area contributed by atoms with E-state index < -0.39 is 0 Å². The quantitative estimate of drug-likeness (QED) is 0.309. The topological polar surface area (TPSA) is 56.5 Å². The van der Waals surface area contributed by atoms with Gasteiger partial charge in [-0.15, -0.1) is 0 Å². The molecule has 0 N–H and O–H groups in total. The van der Waals surface area contributed by atoms with Crippen LogP contribution < -0.4 is 10.3 Å². The summed E-state index contributed by atoms with van der Waals surface area (Å²) >= 11 is 3.43. The number of aromatic nitrogens is 2. The lowest BCUT2D eigenvalue weighted by atomic mass is 10.1. The predicted octanol–water partition coefficient (Wildman–Crippen LogP) is 6.05. The molecule has 4 rings (SSSR count). The molecule has 162 valence electrons. The first-order valence-corrected chi connectivity index (χ1v) is 11.3. The van der Waals surface area contributed by atoms with E-state index in [9.17, 15) is 4.79 Å². The Morgan fingerprint density at radius 3 is 2.59 bits per heavy atom. The maximum atomic E-state index is 13.2. The molecule has 0 bridgehead atoms. The van der Waals surface area contributed by atoms with Crippen molar-refractivity contribution in [3.8, 4) is 5.75 Å². The van der Waals surface area contributed by atoms with Gasteiger partial charge in [0, 0.05) is 16.0 Å². The molecule has 0 aliphatic carbocycles. The van der Waals surface area contributed by atoms with Gasteiger partial charge < -0.3 is 4.74 Å². The smallest absolute Gasteiger partial charge is 0.282 e. The summed E-state index contributed by atoms with van der Waals surface area (Å²) in [6, 6.07) is 21.4. The monoisotopic (exact) mass is 489 g/mol. The fraction of sp³-hybridized carbons (Fsp3) is 0.192. The molecule has 0 saturated carbocycles. The molecule has 0 aliphatic rings. The standard InChI is InChI=1S/C26H24BrN3O2/c1-17(2)25-29-23-13-12-21(27)14-22(23)26(31)30(25)28-15-20-6-4-5-7-24(20)32-16-19-10-8-18(3)9-11-19/h4-15,17H,16H2,1-3H3. The summed E-state index contributed by atoms with van der Waals surface area (Å²) in [5.41, 5.74) is 3.55. The zero-order valence-electron chi connectivity index (χ0n) is 18.2. The number of aryl methyl sites for hydroxylation is 1. The van der Waals surface area contributed by atoms with Crippen LogP contribution in [0.25, 0.3) is 10.9 Å². The summed E-state index contributed by atoms with van der Waals surface area (Å²) < 4.78 is 8.26. The van der Waals surface area contributed by atoms with E-state index in [0.29, 0.717) is 29.1 Å². The fourth-order valence-corrected chi connectivity index (χ4v) is 3.70. The zero-order valence-corrected chi connectivity index (χ0v) is 19.8. The van der Waals surface area contributed by atoms with Crippen molar-refractivity contribution in [1.82, 2.24) is 9.66 Å². The van der Waals surface area contributed by atoms with Crippen molar-refractivity contribution in [1.29, 1.82) is 0 Å². The molecule has 0 spiro atoms. The number of para-hydroxylation sites is 1. The van der Waals surface area contributed by atoms with Crippen LogP contribution in [-0.4, -0.2) is 15.9 Å². The third kappa shape index (κ3) is 4.81. The third-order valence-electron chi connectivity index (χ3n) is 5.10. The van der Waals surface area contributed by atoms with Crippen LogP contribution in [0.15, 0.2) is 81.1 Å². The number of benzene rings is 3. The highest BCUT2D eigenvalue weighted by Gasteiger charge is 2.14. The molecule has 0 aliphatic heterocycles. The van der Waals surface area contributed by atoms with Gasteiger partial charge in [-0.25, -0.2) is 4.98 Å². The van der Waals surface area contributed by atoms with Crippen molar-refractivity contribution in [2.75, 3.05) is 0 Å². The van der Waals surface area contributed by atoms with Gasteiger partial charge in [-0.3, -0.25) is 4.79 Å². The maximum absolute atomic E-state index is 13.2. The van der Waals surface area contributed by atoms with Crippen molar-refractivity contribution < 1.29 is 4.74 Å². The van der Waals surface area contributed by atoms with Crippen LogP contribution >= 0.6 is 15.9 Å². The Kier molecular flexibility index (Phi) is 6.51. The molecular weight excluding hydrogens is 466 g/mol. The Hall–Kier alpha value is -3.25. The minimum atomic E-state index is -0.200. The minimum Gasteiger partial charge on any atom is -0.488 e. The van der Waals surface area contributed by atoms with Crippen LogP contribution in [0.5, 0.6) is 5.75 Å². The van der Waals surface area contributed by atoms with E-state index in [-0.39, 0.29) is 11.5 Å². The summed E-state index contributed by atoms with van der Waals surface area (Å²) in [4.78, 5) is 17.9. The average Bonchev–Trinajstić information content (AvgIpc) is 2.79. The lowest BCUT2D eigenvalue weighted by Gasteiger charge is -2.12. The second-order valence-electron chi connectivity index (χ2n) is 7.96. The van der Waals surface area contributed by atoms with Crippen molar-refractivity contribution in [2.45, 2.75) is 33.3 Å². The summed E-state index contributed by atoms with van der Waals surface area (Å²) in [6.45, 7) is 6.51. The van der Waals surface area contributed by atoms with Crippen LogP contribution in [0.4, 0.5) is 0 Å². The van der Waals surface area contributed by atoms with Crippen LogP contribution in [0, 0.1) is 6.92 Å². The lowest BCUT2D eigenvalue weighted by Crippen LogP contribution is -2.23. The van der Waals surface area contributed by atoms with Crippen LogP contribution in [-0.2, 0) is 6.61 Å². The Morgan fingerprint density at radius 1 is 1.09 bits per heavy atom. The number of nitrogens with zero attached hydrogens (tertiary/aromatic N) is 3. The van der Waals surface area contributed by atoms with E-state index in [1.807, 2.05) is 50.2 Å². The molecule has 0 amide bonds. The molecule has 0 fully saturated rings. The normalized spacial score (nSPS) is 11.5. The Balaban J connectivity index is 1.69. The van der Waals surface area contributed by atoms with Gasteiger partial charge in [0.25, 0.3) is 5.56 Å². The van der Waals surface area contributed by atoms with E-state index in [1.165, 1.54) is 10.2 Å². The minimum absolute atomic E-state index is 0.0286. The van der Waals surface area contributed by atoms with Gasteiger partial charge in [-0.1, -0.05) is 71.7 Å². The van der Waals surface area contributed by atoms with Gasteiger partial charge >= 0.3 is 0 Å². The molecule has 32 heavy (non-hydrogen) atoms. The van der Waals surface area contributed by atoms with E-state index in [4.69, 9.17) is 9.72 Å². The van der Waals surface area contributed by atoms with Gasteiger partial charge in [0.2, 0.25) is 0 Å². The molecule has 3 aromatic carbocycles. The van der Waals surface area contributed by atoms with E-state index >= 15 is 0 Å². The van der Waals surface area contributed by atoms with Crippen LogP contribution in [0.3, 0.4) is 0 Å². The highest BCUT2D eigenvalue weighted by atomic mass is 79.9. The largest absolute Gasteiger partial charge is 0.488 e. The molecule has 1 aromatic heterocycles. The Morgan fingerprint density at radius 2 is 1.84 bits per heavy atom. The zero-order chi connectivity index (χ0) is 22.7.